The van der Waals surface area contributed by atoms with Gasteiger partial charge in [-0.15, -0.1) is 0 Å². The number of nitrogens with one attached hydrogen (secondary N) is 1. The van der Waals surface area contributed by atoms with Gasteiger partial charge in [-0.1, -0.05) is 34.8 Å². The summed E-state index contributed by atoms with van der Waals surface area (Å²) >= 11 is 17.7. The topological polar surface area (TPSA) is 101 Å². The fourth-order valence-corrected chi connectivity index (χ4v) is 2.18. The molecule has 6 nitrogen and oxygen atoms in total. The third-order valence-corrected chi connectivity index (χ3v) is 3.56. The molecule has 5 N–H and O–H groups in total. The van der Waals surface area contributed by atoms with Crippen LogP contribution >= 0.6 is 34.8 Å². The zero-order chi connectivity index (χ0) is 16.2. The number of oxime groups is 1. The van der Waals surface area contributed by atoms with Gasteiger partial charge in [0.2, 0.25) is 5.96 Å². The van der Waals surface area contributed by atoms with Crippen molar-refractivity contribution in [3.05, 3.63) is 32.8 Å². The first-order valence-corrected chi connectivity index (χ1v) is 7.09. The van der Waals surface area contributed by atoms with Gasteiger partial charge in [0.15, 0.2) is 5.96 Å². The fraction of sp³-hybridized carbons (Fsp3) is 0.333. The van der Waals surface area contributed by atoms with Gasteiger partial charge in [0.05, 0.1) is 10.0 Å². The Morgan fingerprint density at radius 3 is 2.33 bits per heavy atom. The molecule has 1 aromatic carbocycles. The normalized spacial score (nSPS) is 11.6. The lowest BCUT2D eigenvalue weighted by Crippen LogP contribution is -2.49. The third-order valence-electron chi connectivity index (χ3n) is 2.49. The van der Waals surface area contributed by atoms with Crippen molar-refractivity contribution >= 4 is 46.7 Å². The Kier molecular flexibility index (Phi) is 6.39. The van der Waals surface area contributed by atoms with E-state index >= 15 is 0 Å². The Hall–Kier alpha value is -1.37. The molecule has 0 aromatic heterocycles. The Labute approximate surface area is 138 Å². The molecule has 0 aliphatic carbocycles. The van der Waals surface area contributed by atoms with E-state index < -0.39 is 0 Å². The molecule has 116 valence electrons. The van der Waals surface area contributed by atoms with E-state index in [9.17, 15) is 0 Å². The number of nitrogens with two attached hydrogens (primary N) is 2. The van der Waals surface area contributed by atoms with Gasteiger partial charge in [0.1, 0.15) is 6.61 Å². The maximum absolute atomic E-state index is 7.43. The highest BCUT2D eigenvalue weighted by atomic mass is 35.5. The number of halogens is 3. The summed E-state index contributed by atoms with van der Waals surface area (Å²) < 4.78 is 0. The minimum absolute atomic E-state index is 0.0197. The van der Waals surface area contributed by atoms with Crippen molar-refractivity contribution < 1.29 is 4.84 Å². The largest absolute Gasteiger partial charge is 0.388 e. The molecule has 0 heterocycles. The van der Waals surface area contributed by atoms with Crippen LogP contribution in [0.2, 0.25) is 15.1 Å². The number of hydrogen-bond donors (Lipinski definition) is 3. The van der Waals surface area contributed by atoms with Gasteiger partial charge in [-0.05, 0) is 31.1 Å². The van der Waals surface area contributed by atoms with Crippen LogP contribution in [-0.2, 0) is 11.4 Å². The van der Waals surface area contributed by atoms with Crippen molar-refractivity contribution in [1.29, 1.82) is 5.41 Å². The highest BCUT2D eigenvalue weighted by Crippen LogP contribution is 2.29. The summed E-state index contributed by atoms with van der Waals surface area (Å²) in [5.74, 6) is -0.240. The Morgan fingerprint density at radius 2 is 1.81 bits per heavy atom. The van der Waals surface area contributed by atoms with Crippen LogP contribution in [0.3, 0.4) is 0 Å². The van der Waals surface area contributed by atoms with Crippen molar-refractivity contribution in [3.63, 3.8) is 0 Å². The van der Waals surface area contributed by atoms with Gasteiger partial charge in [-0.2, -0.15) is 0 Å². The van der Waals surface area contributed by atoms with E-state index in [1.807, 2.05) is 13.8 Å². The number of guanidine groups is 2. The highest BCUT2D eigenvalue weighted by molar-refractivity contribution is 6.43. The summed E-state index contributed by atoms with van der Waals surface area (Å²) in [6.07, 6.45) is 0. The SMILES string of the molecule is CC(C)N(C(=N)N)C(N)=NOCc1cc(Cl)c(Cl)cc1Cl. The maximum Gasteiger partial charge on any atom is 0.240 e. The van der Waals surface area contributed by atoms with Crippen molar-refractivity contribution in [3.8, 4) is 0 Å². The van der Waals surface area contributed by atoms with Crippen LogP contribution in [-0.4, -0.2) is 22.9 Å². The van der Waals surface area contributed by atoms with E-state index in [-0.39, 0.29) is 24.6 Å². The summed E-state index contributed by atoms with van der Waals surface area (Å²) in [6, 6.07) is 2.99. The molecule has 0 radical (unpaired) electrons. The standard InChI is InChI=1S/C12H16Cl3N5O/c1-6(2)20(11(16)17)12(18)19-21-5-7-3-9(14)10(15)4-8(7)13/h3-4,6H,5H2,1-2H3,(H3,16,17)(H2,18,19). The van der Waals surface area contributed by atoms with Crippen LogP contribution < -0.4 is 11.5 Å². The fourth-order valence-electron chi connectivity index (χ4n) is 1.55. The molecule has 9 heteroatoms. The van der Waals surface area contributed by atoms with Gasteiger partial charge < -0.3 is 16.3 Å². The lowest BCUT2D eigenvalue weighted by atomic mass is 10.2. The molecule has 0 saturated carbocycles. The molecule has 0 spiro atoms. The predicted octanol–water partition coefficient (Wildman–Crippen LogP) is 3.00. The van der Waals surface area contributed by atoms with E-state index in [1.165, 1.54) is 11.0 Å². The van der Waals surface area contributed by atoms with Crippen LogP contribution in [0.25, 0.3) is 0 Å². The second kappa shape index (κ2) is 7.59. The van der Waals surface area contributed by atoms with Crippen molar-refractivity contribution in [2.24, 2.45) is 16.6 Å². The number of nitrogens with zero attached hydrogens (tertiary/aromatic N) is 2. The molecule has 1 rings (SSSR count). The zero-order valence-corrected chi connectivity index (χ0v) is 13.8. The Balaban J connectivity index is 2.78. The number of benzene rings is 1. The van der Waals surface area contributed by atoms with Crippen LogP contribution in [0.1, 0.15) is 19.4 Å². The van der Waals surface area contributed by atoms with Crippen LogP contribution in [0.5, 0.6) is 0 Å². The van der Waals surface area contributed by atoms with Gasteiger partial charge in [0, 0.05) is 16.6 Å². The molecule has 21 heavy (non-hydrogen) atoms. The van der Waals surface area contributed by atoms with Crippen LogP contribution in [0.4, 0.5) is 0 Å². The third kappa shape index (κ3) is 4.84. The smallest absolute Gasteiger partial charge is 0.240 e. The van der Waals surface area contributed by atoms with Crippen molar-refractivity contribution in [2.75, 3.05) is 0 Å². The summed E-state index contributed by atoms with van der Waals surface area (Å²) in [7, 11) is 0. The minimum atomic E-state index is -0.220. The highest BCUT2D eigenvalue weighted by Gasteiger charge is 2.15. The Morgan fingerprint density at radius 1 is 1.24 bits per heavy atom. The first-order chi connectivity index (χ1) is 9.73. The summed E-state index contributed by atoms with van der Waals surface area (Å²) in [6.45, 7) is 3.69. The minimum Gasteiger partial charge on any atom is -0.388 e. The first-order valence-electron chi connectivity index (χ1n) is 5.96. The Bertz CT molecular complexity index is 562. The molecular formula is C12H16Cl3N5O. The van der Waals surface area contributed by atoms with E-state index in [4.69, 9.17) is 56.5 Å². The van der Waals surface area contributed by atoms with E-state index in [0.717, 1.165) is 0 Å². The lowest BCUT2D eigenvalue weighted by Gasteiger charge is -2.24. The van der Waals surface area contributed by atoms with E-state index in [2.05, 4.69) is 5.16 Å². The second-order valence-corrected chi connectivity index (χ2v) is 5.65. The zero-order valence-electron chi connectivity index (χ0n) is 11.5. The van der Waals surface area contributed by atoms with Gasteiger partial charge in [0.25, 0.3) is 0 Å². The van der Waals surface area contributed by atoms with Gasteiger partial charge in [-0.25, -0.2) is 0 Å². The average molecular weight is 353 g/mol. The van der Waals surface area contributed by atoms with Crippen LogP contribution in [0.15, 0.2) is 17.3 Å². The van der Waals surface area contributed by atoms with E-state index in [0.29, 0.717) is 20.6 Å². The molecule has 0 atom stereocenters. The number of rotatable bonds is 4. The summed E-state index contributed by atoms with van der Waals surface area (Å²) in [4.78, 5) is 6.44. The predicted molar refractivity (Wildman–Crippen MR) is 86.8 cm³/mol. The lowest BCUT2D eigenvalue weighted by molar-refractivity contribution is 0.126. The second-order valence-electron chi connectivity index (χ2n) is 4.43. The number of hydrogen-bond acceptors (Lipinski definition) is 3. The average Bonchev–Trinajstić information content (AvgIpc) is 2.34. The quantitative estimate of drug-likeness (QED) is 0.335. The van der Waals surface area contributed by atoms with Crippen molar-refractivity contribution in [2.45, 2.75) is 26.5 Å². The van der Waals surface area contributed by atoms with E-state index in [1.54, 1.807) is 6.07 Å². The maximum atomic E-state index is 7.43. The van der Waals surface area contributed by atoms with Crippen molar-refractivity contribution in [1.82, 2.24) is 4.90 Å². The summed E-state index contributed by atoms with van der Waals surface area (Å²) in [5, 5.41) is 12.3. The van der Waals surface area contributed by atoms with Gasteiger partial charge in [-0.3, -0.25) is 10.3 Å². The molecule has 0 aliphatic rings. The molecule has 0 aliphatic heterocycles. The molecule has 0 saturated heterocycles. The van der Waals surface area contributed by atoms with Gasteiger partial charge >= 0.3 is 0 Å². The molecule has 0 unspecified atom stereocenters. The molecule has 0 fully saturated rings. The first kappa shape index (κ1) is 17.7. The van der Waals surface area contributed by atoms with Crippen LogP contribution in [0, 0.1) is 5.41 Å². The molecule has 0 amide bonds. The summed E-state index contributed by atoms with van der Waals surface area (Å²) in [5.41, 5.74) is 11.8. The molecule has 1 aromatic rings. The molecule has 0 bridgehead atoms. The monoisotopic (exact) mass is 351 g/mol. The molecular weight excluding hydrogens is 337 g/mol.